The van der Waals surface area contributed by atoms with Gasteiger partial charge < -0.3 is 21.1 Å². The molecule has 0 aliphatic carbocycles. The maximum atomic E-state index is 11.6. The summed E-state index contributed by atoms with van der Waals surface area (Å²) in [6.07, 6.45) is -0.449. The third-order valence-corrected chi connectivity index (χ3v) is 3.11. The second kappa shape index (κ2) is 5.59. The lowest BCUT2D eigenvalue weighted by Crippen LogP contribution is -2.35. The minimum Gasteiger partial charge on any atom is -0.479 e. The molecule has 0 spiro atoms. The molecule has 1 aromatic carbocycles. The summed E-state index contributed by atoms with van der Waals surface area (Å²) in [7, 11) is 0. The van der Waals surface area contributed by atoms with Crippen LogP contribution in [0.25, 0.3) is 0 Å². The zero-order chi connectivity index (χ0) is 14.0. The van der Waals surface area contributed by atoms with Gasteiger partial charge in [-0.15, -0.1) is 0 Å². The fourth-order valence-electron chi connectivity index (χ4n) is 1.94. The molecule has 1 aromatic rings. The summed E-state index contributed by atoms with van der Waals surface area (Å²) in [6, 6.07) is 5.97. The number of hydrogen-bond acceptors (Lipinski definition) is 4. The minimum atomic E-state index is -0.449. The van der Waals surface area contributed by atoms with Crippen molar-refractivity contribution in [2.45, 2.75) is 39.0 Å². The van der Waals surface area contributed by atoms with Gasteiger partial charge in [0.15, 0.2) is 6.10 Å². The molecule has 0 aromatic heterocycles. The number of carbonyl (C=O) groups is 1. The Morgan fingerprint density at radius 1 is 1.47 bits per heavy atom. The van der Waals surface area contributed by atoms with Gasteiger partial charge in [0.25, 0.3) is 5.91 Å². The number of nitrogens with two attached hydrogens (primary N) is 1. The van der Waals surface area contributed by atoms with E-state index in [2.05, 4.69) is 24.5 Å². The first kappa shape index (κ1) is 13.8. The number of hydrogen-bond donors (Lipinski definition) is 3. The lowest BCUT2D eigenvalue weighted by atomic mass is 10.1. The van der Waals surface area contributed by atoms with Gasteiger partial charge in [0, 0.05) is 18.6 Å². The van der Waals surface area contributed by atoms with Crippen LogP contribution in [0.2, 0.25) is 0 Å². The Morgan fingerprint density at radius 3 is 2.89 bits per heavy atom. The normalized spacial score (nSPS) is 19.6. The molecule has 5 heteroatoms. The Bertz CT molecular complexity index is 474. The molecule has 1 amide bonds. The van der Waals surface area contributed by atoms with Crippen LogP contribution in [-0.2, 0) is 4.79 Å². The minimum absolute atomic E-state index is 0.107. The van der Waals surface area contributed by atoms with E-state index in [-0.39, 0.29) is 11.9 Å². The lowest BCUT2D eigenvalue weighted by molar-refractivity contribution is -0.122. The Labute approximate surface area is 113 Å². The SMILES string of the molecule is CC(C)NCC(N)c1ccc2c(c1)NC(=O)C(C)O2. The zero-order valence-corrected chi connectivity index (χ0v) is 11.6. The van der Waals surface area contributed by atoms with Gasteiger partial charge >= 0.3 is 0 Å². The topological polar surface area (TPSA) is 76.4 Å². The summed E-state index contributed by atoms with van der Waals surface area (Å²) in [5, 5.41) is 6.13. The third-order valence-electron chi connectivity index (χ3n) is 3.11. The van der Waals surface area contributed by atoms with E-state index in [9.17, 15) is 4.79 Å². The molecule has 19 heavy (non-hydrogen) atoms. The van der Waals surface area contributed by atoms with Crippen LogP contribution in [0.3, 0.4) is 0 Å². The van der Waals surface area contributed by atoms with Gasteiger partial charge in [0.1, 0.15) is 5.75 Å². The van der Waals surface area contributed by atoms with Crippen molar-refractivity contribution in [2.24, 2.45) is 5.73 Å². The van der Waals surface area contributed by atoms with Crippen LogP contribution >= 0.6 is 0 Å². The second-order valence-electron chi connectivity index (χ2n) is 5.17. The average molecular weight is 263 g/mol. The zero-order valence-electron chi connectivity index (χ0n) is 11.6. The van der Waals surface area contributed by atoms with Crippen LogP contribution in [0.1, 0.15) is 32.4 Å². The molecule has 0 saturated carbocycles. The molecule has 0 saturated heterocycles. The summed E-state index contributed by atoms with van der Waals surface area (Å²) in [4.78, 5) is 11.6. The van der Waals surface area contributed by atoms with E-state index in [4.69, 9.17) is 10.5 Å². The highest BCUT2D eigenvalue weighted by atomic mass is 16.5. The van der Waals surface area contributed by atoms with Crippen molar-refractivity contribution in [2.75, 3.05) is 11.9 Å². The Morgan fingerprint density at radius 2 is 2.21 bits per heavy atom. The summed E-state index contributed by atoms with van der Waals surface area (Å²) in [5.41, 5.74) is 7.79. The number of anilines is 1. The number of fused-ring (bicyclic) bond motifs is 1. The predicted molar refractivity (Wildman–Crippen MR) is 75.2 cm³/mol. The summed E-state index contributed by atoms with van der Waals surface area (Å²) in [6.45, 7) is 6.58. The quantitative estimate of drug-likeness (QED) is 0.767. The number of carbonyl (C=O) groups excluding carboxylic acids is 1. The van der Waals surface area contributed by atoms with E-state index in [1.807, 2.05) is 18.2 Å². The van der Waals surface area contributed by atoms with Crippen LogP contribution in [0.5, 0.6) is 5.75 Å². The van der Waals surface area contributed by atoms with Gasteiger partial charge in [-0.1, -0.05) is 19.9 Å². The molecular weight excluding hydrogens is 242 g/mol. The average Bonchev–Trinajstić information content (AvgIpc) is 2.36. The standard InChI is InChI=1S/C14H21N3O2/c1-8(2)16-7-11(15)10-4-5-13-12(6-10)17-14(18)9(3)19-13/h4-6,8-9,11,16H,7,15H2,1-3H3,(H,17,18). The van der Waals surface area contributed by atoms with Crippen LogP contribution in [0.15, 0.2) is 18.2 Å². The maximum Gasteiger partial charge on any atom is 0.265 e. The molecule has 0 radical (unpaired) electrons. The third kappa shape index (κ3) is 3.24. The predicted octanol–water partition coefficient (Wildman–Crippen LogP) is 1.40. The van der Waals surface area contributed by atoms with Crippen molar-refractivity contribution in [3.63, 3.8) is 0 Å². The molecule has 5 nitrogen and oxygen atoms in total. The molecule has 104 valence electrons. The van der Waals surface area contributed by atoms with E-state index in [0.717, 1.165) is 5.56 Å². The maximum absolute atomic E-state index is 11.6. The molecule has 2 rings (SSSR count). The highest BCUT2D eigenvalue weighted by Gasteiger charge is 2.24. The van der Waals surface area contributed by atoms with Gasteiger partial charge in [-0.05, 0) is 24.6 Å². The number of amides is 1. The Balaban J connectivity index is 2.12. The van der Waals surface area contributed by atoms with Crippen molar-refractivity contribution in [3.05, 3.63) is 23.8 Å². The Kier molecular flexibility index (Phi) is 4.07. The van der Waals surface area contributed by atoms with Crippen molar-refractivity contribution in [1.29, 1.82) is 0 Å². The van der Waals surface area contributed by atoms with E-state index in [0.29, 0.717) is 24.0 Å². The van der Waals surface area contributed by atoms with E-state index in [1.54, 1.807) is 6.92 Å². The largest absolute Gasteiger partial charge is 0.479 e. The smallest absolute Gasteiger partial charge is 0.265 e. The molecule has 1 heterocycles. The van der Waals surface area contributed by atoms with Crippen LogP contribution in [0, 0.1) is 0 Å². The molecule has 1 aliphatic rings. The van der Waals surface area contributed by atoms with Gasteiger partial charge in [0.05, 0.1) is 5.69 Å². The summed E-state index contributed by atoms with van der Waals surface area (Å²) >= 11 is 0. The summed E-state index contributed by atoms with van der Waals surface area (Å²) in [5.74, 6) is 0.568. The summed E-state index contributed by atoms with van der Waals surface area (Å²) < 4.78 is 5.51. The molecule has 1 aliphatic heterocycles. The second-order valence-corrected chi connectivity index (χ2v) is 5.17. The molecule has 0 bridgehead atoms. The molecule has 2 atom stereocenters. The van der Waals surface area contributed by atoms with E-state index < -0.39 is 6.10 Å². The van der Waals surface area contributed by atoms with Crippen molar-refractivity contribution in [3.8, 4) is 5.75 Å². The van der Waals surface area contributed by atoms with Crippen LogP contribution in [0.4, 0.5) is 5.69 Å². The molecule has 2 unspecified atom stereocenters. The van der Waals surface area contributed by atoms with Gasteiger partial charge in [-0.25, -0.2) is 0 Å². The van der Waals surface area contributed by atoms with E-state index >= 15 is 0 Å². The molecular formula is C14H21N3O2. The molecule has 4 N–H and O–H groups in total. The van der Waals surface area contributed by atoms with Crippen molar-refractivity contribution < 1.29 is 9.53 Å². The number of benzene rings is 1. The fourth-order valence-corrected chi connectivity index (χ4v) is 1.94. The lowest BCUT2D eigenvalue weighted by Gasteiger charge is -2.24. The first-order chi connectivity index (χ1) is 8.97. The highest BCUT2D eigenvalue weighted by Crippen LogP contribution is 2.31. The fraction of sp³-hybridized carbons (Fsp3) is 0.500. The number of rotatable bonds is 4. The molecule has 0 fully saturated rings. The van der Waals surface area contributed by atoms with Gasteiger partial charge in [-0.2, -0.15) is 0 Å². The van der Waals surface area contributed by atoms with Gasteiger partial charge in [0.2, 0.25) is 0 Å². The van der Waals surface area contributed by atoms with Crippen molar-refractivity contribution >= 4 is 11.6 Å². The van der Waals surface area contributed by atoms with Gasteiger partial charge in [-0.3, -0.25) is 4.79 Å². The highest BCUT2D eigenvalue weighted by molar-refractivity contribution is 5.97. The van der Waals surface area contributed by atoms with Crippen LogP contribution < -0.4 is 21.1 Å². The monoisotopic (exact) mass is 263 g/mol. The number of ether oxygens (including phenoxy) is 1. The number of nitrogens with one attached hydrogen (secondary N) is 2. The van der Waals surface area contributed by atoms with Crippen LogP contribution in [-0.4, -0.2) is 24.6 Å². The first-order valence-corrected chi connectivity index (χ1v) is 6.58. The van der Waals surface area contributed by atoms with Crippen molar-refractivity contribution in [1.82, 2.24) is 5.32 Å². The first-order valence-electron chi connectivity index (χ1n) is 6.58. The van der Waals surface area contributed by atoms with E-state index in [1.165, 1.54) is 0 Å². The Hall–Kier alpha value is -1.59.